The predicted octanol–water partition coefficient (Wildman–Crippen LogP) is 3.25. The first-order chi connectivity index (χ1) is 11.0. The lowest BCUT2D eigenvalue weighted by molar-refractivity contribution is -0.145. The van der Waals surface area contributed by atoms with Crippen molar-refractivity contribution in [3.8, 4) is 0 Å². The van der Waals surface area contributed by atoms with E-state index < -0.39 is 17.7 Å². The Morgan fingerprint density at radius 2 is 1.87 bits per heavy atom. The van der Waals surface area contributed by atoms with Crippen LogP contribution in [0.15, 0.2) is 48.5 Å². The van der Waals surface area contributed by atoms with E-state index in [1.807, 2.05) is 52.9 Å². The molecule has 0 aliphatic heterocycles. The number of carbonyl (C=O) groups excluding carboxylic acids is 2. The molecule has 0 aromatic heterocycles. The van der Waals surface area contributed by atoms with E-state index in [0.29, 0.717) is 3.57 Å². The van der Waals surface area contributed by atoms with Crippen LogP contribution in [0.25, 0.3) is 0 Å². The number of likely N-dealkylation sites (N-methyl/N-ethyl adjacent to an activating group) is 1. The molecule has 0 saturated carbocycles. The van der Waals surface area contributed by atoms with Crippen LogP contribution in [-0.4, -0.2) is 30.4 Å². The summed E-state index contributed by atoms with van der Waals surface area (Å²) in [6.07, 6.45) is 0. The van der Waals surface area contributed by atoms with Gasteiger partial charge in [0.1, 0.15) is 19.0 Å². The number of hydrogen-bond acceptors (Lipinski definition) is 3. The maximum Gasteiger partial charge on any atom is 0.325 e. The molecule has 0 atom stereocenters. The highest BCUT2D eigenvalue weighted by atomic mass is 127. The van der Waals surface area contributed by atoms with Gasteiger partial charge in [-0.3, -0.25) is 9.59 Å². The second-order valence-corrected chi connectivity index (χ2v) is 6.21. The molecule has 0 unspecified atom stereocenters. The minimum absolute atomic E-state index is 0.152. The molecule has 0 spiro atoms. The number of esters is 1. The zero-order chi connectivity index (χ0) is 16.8. The SMILES string of the molecule is CN(CC(=O)OCc1ccccc1)C(=O)c1cc(F)cc(I)c1. The number of ether oxygens (including phenoxy) is 1. The van der Waals surface area contributed by atoms with E-state index in [-0.39, 0.29) is 18.7 Å². The minimum atomic E-state index is -0.518. The Hall–Kier alpha value is -1.96. The van der Waals surface area contributed by atoms with Crippen LogP contribution in [0.3, 0.4) is 0 Å². The Morgan fingerprint density at radius 3 is 2.52 bits per heavy atom. The van der Waals surface area contributed by atoms with Gasteiger partial charge in [0.15, 0.2) is 0 Å². The molecule has 1 amide bonds. The third-order valence-corrected chi connectivity index (χ3v) is 3.69. The number of benzene rings is 2. The van der Waals surface area contributed by atoms with Gasteiger partial charge < -0.3 is 9.64 Å². The number of hydrogen-bond donors (Lipinski definition) is 0. The van der Waals surface area contributed by atoms with Crippen LogP contribution in [0.1, 0.15) is 15.9 Å². The molecule has 0 aliphatic rings. The molecular formula is C17H15FINO3. The van der Waals surface area contributed by atoms with E-state index in [0.717, 1.165) is 11.6 Å². The predicted molar refractivity (Wildman–Crippen MR) is 92.3 cm³/mol. The van der Waals surface area contributed by atoms with Crippen molar-refractivity contribution in [1.29, 1.82) is 0 Å². The Labute approximate surface area is 147 Å². The molecule has 0 heterocycles. The summed E-state index contributed by atoms with van der Waals surface area (Å²) < 4.78 is 19.1. The molecule has 0 aliphatic carbocycles. The summed E-state index contributed by atoms with van der Waals surface area (Å²) in [4.78, 5) is 25.2. The summed E-state index contributed by atoms with van der Waals surface area (Å²) in [6.45, 7) is -0.0433. The summed E-state index contributed by atoms with van der Waals surface area (Å²) in [6, 6.07) is 13.3. The fraction of sp³-hybridized carbons (Fsp3) is 0.176. The highest BCUT2D eigenvalue weighted by Crippen LogP contribution is 2.13. The van der Waals surface area contributed by atoms with Crippen LogP contribution in [0, 0.1) is 9.39 Å². The summed E-state index contributed by atoms with van der Waals surface area (Å²) in [5.41, 5.74) is 1.07. The molecule has 23 heavy (non-hydrogen) atoms. The summed E-state index contributed by atoms with van der Waals surface area (Å²) in [5.74, 6) is -1.44. The van der Waals surface area contributed by atoms with Crippen LogP contribution < -0.4 is 0 Å². The normalized spacial score (nSPS) is 10.2. The van der Waals surface area contributed by atoms with Crippen LogP contribution >= 0.6 is 22.6 Å². The van der Waals surface area contributed by atoms with E-state index >= 15 is 0 Å². The minimum Gasteiger partial charge on any atom is -0.459 e. The first kappa shape index (κ1) is 17.4. The number of carbonyl (C=O) groups is 2. The average Bonchev–Trinajstić information content (AvgIpc) is 2.52. The molecule has 2 rings (SSSR count). The van der Waals surface area contributed by atoms with Gasteiger partial charge in [0.05, 0.1) is 0 Å². The van der Waals surface area contributed by atoms with Gasteiger partial charge >= 0.3 is 5.97 Å². The van der Waals surface area contributed by atoms with Crippen molar-refractivity contribution in [2.45, 2.75) is 6.61 Å². The molecule has 0 N–H and O–H groups in total. The molecule has 6 heteroatoms. The summed E-state index contributed by atoms with van der Waals surface area (Å²) in [5, 5.41) is 0. The van der Waals surface area contributed by atoms with Crippen LogP contribution in [-0.2, 0) is 16.1 Å². The maximum atomic E-state index is 13.4. The van der Waals surface area contributed by atoms with Gasteiger partial charge in [-0.05, 0) is 46.4 Å². The van der Waals surface area contributed by atoms with Crippen LogP contribution in [0.2, 0.25) is 0 Å². The summed E-state index contributed by atoms with van der Waals surface area (Å²) >= 11 is 1.93. The Bertz CT molecular complexity index is 686. The van der Waals surface area contributed by atoms with Gasteiger partial charge in [-0.15, -0.1) is 0 Å². The van der Waals surface area contributed by atoms with Crippen molar-refractivity contribution in [2.24, 2.45) is 0 Å². The quantitative estimate of drug-likeness (QED) is 0.544. The molecule has 0 radical (unpaired) electrons. The molecular weight excluding hydrogens is 412 g/mol. The molecule has 120 valence electrons. The lowest BCUT2D eigenvalue weighted by Crippen LogP contribution is -2.33. The number of halogens is 2. The highest BCUT2D eigenvalue weighted by Gasteiger charge is 2.17. The highest BCUT2D eigenvalue weighted by molar-refractivity contribution is 14.1. The number of nitrogens with zero attached hydrogens (tertiary/aromatic N) is 1. The second kappa shape index (κ2) is 8.05. The van der Waals surface area contributed by atoms with Gasteiger partial charge in [0, 0.05) is 16.2 Å². The molecule has 2 aromatic rings. The lowest BCUT2D eigenvalue weighted by atomic mass is 10.2. The average molecular weight is 427 g/mol. The maximum absolute atomic E-state index is 13.4. The van der Waals surface area contributed by atoms with Crippen molar-refractivity contribution < 1.29 is 18.7 Å². The smallest absolute Gasteiger partial charge is 0.325 e. The molecule has 0 fully saturated rings. The molecule has 0 bridgehead atoms. The fourth-order valence-electron chi connectivity index (χ4n) is 1.95. The van der Waals surface area contributed by atoms with Gasteiger partial charge in [-0.2, -0.15) is 0 Å². The van der Waals surface area contributed by atoms with E-state index in [2.05, 4.69) is 0 Å². The van der Waals surface area contributed by atoms with E-state index in [1.165, 1.54) is 18.0 Å². The fourth-order valence-corrected chi connectivity index (χ4v) is 2.58. The zero-order valence-electron chi connectivity index (χ0n) is 12.5. The zero-order valence-corrected chi connectivity index (χ0v) is 14.6. The van der Waals surface area contributed by atoms with Crippen molar-refractivity contribution >= 4 is 34.5 Å². The van der Waals surface area contributed by atoms with Gasteiger partial charge in [-0.1, -0.05) is 30.3 Å². The lowest BCUT2D eigenvalue weighted by Gasteiger charge is -2.16. The third-order valence-electron chi connectivity index (χ3n) is 3.07. The molecule has 2 aromatic carbocycles. The van der Waals surface area contributed by atoms with Crippen LogP contribution in [0.5, 0.6) is 0 Å². The van der Waals surface area contributed by atoms with Gasteiger partial charge in [0.2, 0.25) is 0 Å². The first-order valence-corrected chi connectivity index (χ1v) is 7.94. The largest absolute Gasteiger partial charge is 0.459 e. The monoisotopic (exact) mass is 427 g/mol. The van der Waals surface area contributed by atoms with Crippen molar-refractivity contribution in [3.63, 3.8) is 0 Å². The number of amides is 1. The van der Waals surface area contributed by atoms with E-state index in [4.69, 9.17) is 4.74 Å². The Kier molecular flexibility index (Phi) is 6.09. The summed E-state index contributed by atoms with van der Waals surface area (Å²) in [7, 11) is 1.48. The Morgan fingerprint density at radius 1 is 1.17 bits per heavy atom. The standard InChI is InChI=1S/C17H15FINO3/c1-20(17(22)13-7-14(18)9-15(19)8-13)10-16(21)23-11-12-5-3-2-4-6-12/h2-9H,10-11H2,1H3. The topological polar surface area (TPSA) is 46.6 Å². The van der Waals surface area contributed by atoms with Gasteiger partial charge in [0.25, 0.3) is 5.91 Å². The van der Waals surface area contributed by atoms with Crippen molar-refractivity contribution in [1.82, 2.24) is 4.90 Å². The Balaban J connectivity index is 1.91. The third kappa shape index (κ3) is 5.31. The number of rotatable bonds is 5. The first-order valence-electron chi connectivity index (χ1n) is 6.87. The van der Waals surface area contributed by atoms with E-state index in [9.17, 15) is 14.0 Å². The van der Waals surface area contributed by atoms with Crippen molar-refractivity contribution in [2.75, 3.05) is 13.6 Å². The van der Waals surface area contributed by atoms with Crippen molar-refractivity contribution in [3.05, 3.63) is 69.0 Å². The van der Waals surface area contributed by atoms with Crippen LogP contribution in [0.4, 0.5) is 4.39 Å². The van der Waals surface area contributed by atoms with E-state index in [1.54, 1.807) is 6.07 Å². The molecule has 4 nitrogen and oxygen atoms in total. The van der Waals surface area contributed by atoms with Gasteiger partial charge in [-0.25, -0.2) is 4.39 Å². The molecule has 0 saturated heterocycles. The second-order valence-electron chi connectivity index (χ2n) is 4.97.